The largest absolute Gasteiger partial charge is 0.318 e. The number of nitrogens with zero attached hydrogens (tertiary/aromatic N) is 5. The molecule has 0 aliphatic heterocycles. The lowest BCUT2D eigenvalue weighted by molar-refractivity contribution is 0.102. The van der Waals surface area contributed by atoms with Crippen LogP contribution in [0.15, 0.2) is 30.7 Å². The molecule has 21 heavy (non-hydrogen) atoms. The molecule has 3 aromatic rings. The molecule has 106 valence electrons. The Kier molecular flexibility index (Phi) is 3.63. The highest BCUT2D eigenvalue weighted by molar-refractivity contribution is 7.17. The van der Waals surface area contributed by atoms with Crippen LogP contribution in [0.1, 0.15) is 15.6 Å². The third-order valence-electron chi connectivity index (χ3n) is 2.67. The van der Waals surface area contributed by atoms with E-state index in [0.717, 1.165) is 23.0 Å². The van der Waals surface area contributed by atoms with E-state index in [-0.39, 0.29) is 15.4 Å². The van der Waals surface area contributed by atoms with E-state index in [1.165, 1.54) is 0 Å². The van der Waals surface area contributed by atoms with Gasteiger partial charge < -0.3 is 5.32 Å². The van der Waals surface area contributed by atoms with Crippen molar-refractivity contribution >= 4 is 34.5 Å². The molecular weight excluding hydrogens is 312 g/mol. The van der Waals surface area contributed by atoms with E-state index in [2.05, 4.69) is 25.5 Å². The number of nitrogens with one attached hydrogen (secondary N) is 1. The minimum absolute atomic E-state index is 0.203. The first-order chi connectivity index (χ1) is 10.1. The number of carbonyl (C=O) groups excluding carboxylic acids is 1. The fourth-order valence-corrected chi connectivity index (χ4v) is 2.43. The molecule has 0 fully saturated rings. The first-order valence-corrected chi connectivity index (χ1v) is 7.09. The minimum atomic E-state index is -0.368. The van der Waals surface area contributed by atoms with Gasteiger partial charge in [0.05, 0.1) is 11.9 Å². The molecular formula is C12H9ClN6OS. The SMILES string of the molecule is Cc1nccn1-c1ccc(NC(=O)c2nnc(Cl)s2)cn1. The van der Waals surface area contributed by atoms with Crippen molar-refractivity contribution in [2.24, 2.45) is 0 Å². The number of pyridine rings is 1. The molecule has 1 amide bonds. The summed E-state index contributed by atoms with van der Waals surface area (Å²) in [5.41, 5.74) is 0.563. The van der Waals surface area contributed by atoms with Crippen molar-refractivity contribution in [3.63, 3.8) is 0 Å². The summed E-state index contributed by atoms with van der Waals surface area (Å²) in [4.78, 5) is 20.3. The van der Waals surface area contributed by atoms with E-state index in [9.17, 15) is 4.79 Å². The molecule has 3 aromatic heterocycles. The first kappa shape index (κ1) is 13.7. The number of hydrogen-bond acceptors (Lipinski definition) is 6. The van der Waals surface area contributed by atoms with Gasteiger partial charge in [0.25, 0.3) is 5.91 Å². The summed E-state index contributed by atoms with van der Waals surface area (Å²) in [5.74, 6) is 1.19. The fraction of sp³-hybridized carbons (Fsp3) is 0.0833. The highest BCUT2D eigenvalue weighted by Crippen LogP contribution is 2.17. The van der Waals surface area contributed by atoms with E-state index in [4.69, 9.17) is 11.6 Å². The second-order valence-corrected chi connectivity index (χ2v) is 5.62. The van der Waals surface area contributed by atoms with Crippen molar-refractivity contribution in [1.82, 2.24) is 24.7 Å². The van der Waals surface area contributed by atoms with Crippen LogP contribution in [0.2, 0.25) is 4.47 Å². The summed E-state index contributed by atoms with van der Waals surface area (Å²) in [6.07, 6.45) is 5.08. The van der Waals surface area contributed by atoms with Gasteiger partial charge in [-0.15, -0.1) is 10.2 Å². The van der Waals surface area contributed by atoms with Crippen molar-refractivity contribution in [2.75, 3.05) is 5.32 Å². The molecule has 0 radical (unpaired) electrons. The van der Waals surface area contributed by atoms with Gasteiger partial charge in [-0.3, -0.25) is 9.36 Å². The quantitative estimate of drug-likeness (QED) is 0.800. The molecule has 3 rings (SSSR count). The number of aryl methyl sites for hydroxylation is 1. The zero-order chi connectivity index (χ0) is 14.8. The van der Waals surface area contributed by atoms with E-state index >= 15 is 0 Å². The van der Waals surface area contributed by atoms with Crippen LogP contribution in [0.3, 0.4) is 0 Å². The Morgan fingerprint density at radius 1 is 1.33 bits per heavy atom. The zero-order valence-electron chi connectivity index (χ0n) is 10.8. The van der Waals surface area contributed by atoms with Crippen LogP contribution < -0.4 is 5.32 Å². The van der Waals surface area contributed by atoms with Crippen LogP contribution in [0.5, 0.6) is 0 Å². The monoisotopic (exact) mass is 320 g/mol. The normalized spacial score (nSPS) is 10.6. The molecule has 0 bridgehead atoms. The Balaban J connectivity index is 1.76. The van der Waals surface area contributed by atoms with Gasteiger partial charge in [-0.05, 0) is 30.7 Å². The molecule has 3 heterocycles. The summed E-state index contributed by atoms with van der Waals surface area (Å²) in [7, 11) is 0. The number of hydrogen-bond donors (Lipinski definition) is 1. The molecule has 0 aliphatic rings. The molecule has 0 saturated heterocycles. The topological polar surface area (TPSA) is 85.6 Å². The Labute approximate surface area is 128 Å². The number of amides is 1. The van der Waals surface area contributed by atoms with Crippen molar-refractivity contribution in [2.45, 2.75) is 6.92 Å². The number of carbonyl (C=O) groups is 1. The molecule has 0 unspecified atom stereocenters. The number of aromatic nitrogens is 5. The van der Waals surface area contributed by atoms with Crippen LogP contribution in [0.4, 0.5) is 5.69 Å². The maximum atomic E-state index is 11.9. The summed E-state index contributed by atoms with van der Waals surface area (Å²) in [5, 5.41) is 10.1. The Morgan fingerprint density at radius 2 is 2.19 bits per heavy atom. The van der Waals surface area contributed by atoms with E-state index in [1.807, 2.05) is 17.7 Å². The lowest BCUT2D eigenvalue weighted by Gasteiger charge is -2.06. The Morgan fingerprint density at radius 3 is 2.76 bits per heavy atom. The highest BCUT2D eigenvalue weighted by atomic mass is 35.5. The van der Waals surface area contributed by atoms with E-state index in [1.54, 1.807) is 24.5 Å². The van der Waals surface area contributed by atoms with Crippen LogP contribution in [-0.2, 0) is 0 Å². The lowest BCUT2D eigenvalue weighted by Crippen LogP contribution is -2.12. The average Bonchev–Trinajstić information content (AvgIpc) is 3.08. The molecule has 0 aliphatic carbocycles. The van der Waals surface area contributed by atoms with Crippen LogP contribution in [-0.4, -0.2) is 30.6 Å². The maximum Gasteiger partial charge on any atom is 0.286 e. The van der Waals surface area contributed by atoms with Crippen molar-refractivity contribution in [3.8, 4) is 5.82 Å². The predicted molar refractivity (Wildman–Crippen MR) is 79.0 cm³/mol. The summed E-state index contributed by atoms with van der Waals surface area (Å²) in [6, 6.07) is 3.54. The number of halogens is 1. The van der Waals surface area contributed by atoms with Gasteiger partial charge in [-0.25, -0.2) is 9.97 Å². The lowest BCUT2D eigenvalue weighted by atomic mass is 10.4. The molecule has 7 nitrogen and oxygen atoms in total. The number of anilines is 1. The Bertz CT molecular complexity index is 781. The highest BCUT2D eigenvalue weighted by Gasteiger charge is 2.12. The third kappa shape index (κ3) is 2.91. The van der Waals surface area contributed by atoms with Gasteiger partial charge in [-0.1, -0.05) is 11.3 Å². The molecule has 0 atom stereocenters. The van der Waals surface area contributed by atoms with Crippen molar-refractivity contribution in [3.05, 3.63) is 46.0 Å². The molecule has 1 N–H and O–H groups in total. The standard InChI is InChI=1S/C12H9ClN6OS/c1-7-14-4-5-19(7)9-3-2-8(6-15-9)16-10(20)11-17-18-12(13)21-11/h2-6H,1H3,(H,16,20). The van der Waals surface area contributed by atoms with E-state index < -0.39 is 0 Å². The van der Waals surface area contributed by atoms with Gasteiger partial charge in [-0.2, -0.15) is 0 Å². The number of rotatable bonds is 3. The van der Waals surface area contributed by atoms with Crippen molar-refractivity contribution in [1.29, 1.82) is 0 Å². The summed E-state index contributed by atoms with van der Waals surface area (Å²) >= 11 is 6.66. The molecule has 0 spiro atoms. The second-order valence-electron chi connectivity index (χ2n) is 4.06. The average molecular weight is 321 g/mol. The van der Waals surface area contributed by atoms with Gasteiger partial charge >= 0.3 is 0 Å². The van der Waals surface area contributed by atoms with Gasteiger partial charge in [0.1, 0.15) is 11.6 Å². The molecule has 9 heteroatoms. The predicted octanol–water partition coefficient (Wildman–Crippen LogP) is 2.33. The first-order valence-electron chi connectivity index (χ1n) is 5.90. The number of imidazole rings is 1. The fourth-order valence-electron chi connectivity index (χ4n) is 1.70. The van der Waals surface area contributed by atoms with Crippen molar-refractivity contribution < 1.29 is 4.79 Å². The molecule has 0 aromatic carbocycles. The van der Waals surface area contributed by atoms with E-state index in [0.29, 0.717) is 5.69 Å². The summed E-state index contributed by atoms with van der Waals surface area (Å²) in [6.45, 7) is 1.89. The maximum absolute atomic E-state index is 11.9. The van der Waals surface area contributed by atoms with Gasteiger partial charge in [0.15, 0.2) is 0 Å². The van der Waals surface area contributed by atoms with Crippen LogP contribution in [0.25, 0.3) is 5.82 Å². The zero-order valence-corrected chi connectivity index (χ0v) is 12.4. The summed E-state index contributed by atoms with van der Waals surface area (Å²) < 4.78 is 2.07. The van der Waals surface area contributed by atoms with Gasteiger partial charge in [0.2, 0.25) is 9.47 Å². The molecule has 0 saturated carbocycles. The van der Waals surface area contributed by atoms with Crippen LogP contribution in [0, 0.1) is 6.92 Å². The van der Waals surface area contributed by atoms with Crippen LogP contribution >= 0.6 is 22.9 Å². The third-order valence-corrected chi connectivity index (χ3v) is 3.69. The second kappa shape index (κ2) is 5.58. The minimum Gasteiger partial charge on any atom is -0.318 e. The van der Waals surface area contributed by atoms with Gasteiger partial charge in [0, 0.05) is 12.4 Å². The Hall–Kier alpha value is -2.32. The smallest absolute Gasteiger partial charge is 0.286 e.